The van der Waals surface area contributed by atoms with E-state index in [9.17, 15) is 4.79 Å². The largest absolute Gasteiger partial charge is 0.461 e. The Kier molecular flexibility index (Phi) is 6.66. The van der Waals surface area contributed by atoms with Gasteiger partial charge >= 0.3 is 5.97 Å². The summed E-state index contributed by atoms with van der Waals surface area (Å²) >= 11 is 0. The second-order valence-corrected chi connectivity index (χ2v) is 3.23. The molecule has 0 spiro atoms. The van der Waals surface area contributed by atoms with Gasteiger partial charge < -0.3 is 14.9 Å². The number of β-amino-alcohol motifs (C(OH)–C–C–N with tert-alkyl or cyclic N) is 2. The van der Waals surface area contributed by atoms with Crippen molar-refractivity contribution in [2.45, 2.75) is 6.92 Å². The average Bonchev–Trinajstić information content (AvgIpc) is 2.38. The summed E-state index contributed by atoms with van der Waals surface area (Å²) in [6.45, 7) is 4.72. The van der Waals surface area contributed by atoms with Crippen molar-refractivity contribution in [2.24, 2.45) is 0 Å². The lowest BCUT2D eigenvalue weighted by Gasteiger charge is -2.36. The third-order valence-electron chi connectivity index (χ3n) is 1.81. The first-order chi connectivity index (χ1) is 9.12. The van der Waals surface area contributed by atoms with Gasteiger partial charge in [0, 0.05) is 0 Å². The number of hydroxylamine groups is 6. The zero-order valence-electron chi connectivity index (χ0n) is 10.5. The van der Waals surface area contributed by atoms with Gasteiger partial charge in [-0.25, -0.2) is 4.79 Å². The fourth-order valence-corrected chi connectivity index (χ4v) is 1.03. The van der Waals surface area contributed by atoms with E-state index in [1.54, 1.807) is 6.92 Å². The van der Waals surface area contributed by atoms with Crippen LogP contribution in [0.5, 0.6) is 0 Å². The van der Waals surface area contributed by atoms with Crippen molar-refractivity contribution in [3.63, 3.8) is 0 Å². The van der Waals surface area contributed by atoms with E-state index < -0.39 is 5.97 Å². The van der Waals surface area contributed by atoms with Crippen LogP contribution in [0.1, 0.15) is 6.92 Å². The number of rotatable bonds is 7. The number of nitrogens with zero attached hydrogens (tertiary/aromatic N) is 3. The van der Waals surface area contributed by atoms with Gasteiger partial charge in [-0.05, 0) is 17.4 Å². The van der Waals surface area contributed by atoms with E-state index in [0.717, 1.165) is 10.5 Å². The van der Waals surface area contributed by atoms with Crippen molar-refractivity contribution in [3.05, 3.63) is 12.3 Å². The van der Waals surface area contributed by atoms with Crippen LogP contribution in [-0.4, -0.2) is 64.8 Å². The fourth-order valence-electron chi connectivity index (χ4n) is 1.03. The Morgan fingerprint density at radius 3 is 2.11 bits per heavy atom. The zero-order chi connectivity index (χ0) is 14.3. The predicted molar refractivity (Wildman–Crippen MR) is 58.5 cm³/mol. The van der Waals surface area contributed by atoms with Crippen LogP contribution in [0.4, 0.5) is 0 Å². The van der Waals surface area contributed by atoms with Gasteiger partial charge in [-0.2, -0.15) is 4.94 Å². The van der Waals surface area contributed by atoms with Crippen molar-refractivity contribution in [3.8, 4) is 0 Å². The van der Waals surface area contributed by atoms with Crippen LogP contribution >= 0.6 is 0 Å². The summed E-state index contributed by atoms with van der Waals surface area (Å²) in [5.74, 6) is -0.739. The standard InChI is InChI=1S/C9H17N3O7/c1-3-16-9(15)8(2)12-18-10(4-6-13)17-11(19-12)5-7-14/h13-14H,2-7H2,1H3. The van der Waals surface area contributed by atoms with Gasteiger partial charge in [0.1, 0.15) is 0 Å². The van der Waals surface area contributed by atoms with Gasteiger partial charge in [-0.3, -0.25) is 0 Å². The Morgan fingerprint density at radius 2 is 1.68 bits per heavy atom. The predicted octanol–water partition coefficient (Wildman–Crippen LogP) is -1.49. The Morgan fingerprint density at radius 1 is 1.16 bits per heavy atom. The monoisotopic (exact) mass is 279 g/mol. The fraction of sp³-hybridized carbons (Fsp3) is 0.667. The molecule has 0 saturated carbocycles. The second kappa shape index (κ2) is 8.01. The zero-order valence-corrected chi connectivity index (χ0v) is 10.5. The van der Waals surface area contributed by atoms with Crippen LogP contribution < -0.4 is 0 Å². The highest BCUT2D eigenvalue weighted by molar-refractivity contribution is 5.86. The molecular weight excluding hydrogens is 262 g/mol. The number of aliphatic hydroxyl groups excluding tert-OH is 2. The molecule has 0 aromatic carbocycles. The number of esters is 1. The second-order valence-electron chi connectivity index (χ2n) is 3.23. The molecule has 0 aromatic rings. The molecule has 0 amide bonds. The van der Waals surface area contributed by atoms with Crippen LogP contribution in [0.15, 0.2) is 12.3 Å². The molecule has 19 heavy (non-hydrogen) atoms. The SMILES string of the molecule is C=C(C(=O)OCC)N1ON(CCO)ON(CCO)O1. The van der Waals surface area contributed by atoms with E-state index in [2.05, 4.69) is 6.58 Å². The van der Waals surface area contributed by atoms with Crippen molar-refractivity contribution in [1.29, 1.82) is 0 Å². The highest BCUT2D eigenvalue weighted by atomic mass is 17.3. The maximum Gasteiger partial charge on any atom is 0.359 e. The lowest BCUT2D eigenvalue weighted by atomic mass is 10.5. The lowest BCUT2D eigenvalue weighted by Crippen LogP contribution is -2.51. The molecule has 1 aliphatic rings. The van der Waals surface area contributed by atoms with Gasteiger partial charge in [0.25, 0.3) is 0 Å². The van der Waals surface area contributed by atoms with E-state index in [-0.39, 0.29) is 38.6 Å². The highest BCUT2D eigenvalue weighted by Crippen LogP contribution is 2.17. The molecule has 1 aliphatic heterocycles. The van der Waals surface area contributed by atoms with Gasteiger partial charge in [0.05, 0.1) is 32.9 Å². The van der Waals surface area contributed by atoms with Crippen LogP contribution in [0.25, 0.3) is 0 Å². The van der Waals surface area contributed by atoms with E-state index in [1.165, 1.54) is 0 Å². The number of carbonyl (C=O) groups is 1. The van der Waals surface area contributed by atoms with Crippen LogP contribution in [0.2, 0.25) is 0 Å². The Balaban J connectivity index is 2.64. The van der Waals surface area contributed by atoms with Gasteiger partial charge in [0.15, 0.2) is 5.70 Å². The van der Waals surface area contributed by atoms with E-state index in [1.807, 2.05) is 0 Å². The summed E-state index contributed by atoms with van der Waals surface area (Å²) in [7, 11) is 0. The Labute approximate surface area is 109 Å². The van der Waals surface area contributed by atoms with Crippen molar-refractivity contribution >= 4 is 5.97 Å². The molecule has 1 fully saturated rings. The van der Waals surface area contributed by atoms with E-state index in [4.69, 9.17) is 29.8 Å². The van der Waals surface area contributed by atoms with Crippen molar-refractivity contribution in [2.75, 3.05) is 32.9 Å². The number of hydrogen-bond donors (Lipinski definition) is 2. The minimum Gasteiger partial charge on any atom is -0.461 e. The Hall–Kier alpha value is -1.27. The Bertz CT molecular complexity index is 300. The summed E-state index contributed by atoms with van der Waals surface area (Å²) in [5.41, 5.74) is -0.226. The summed E-state index contributed by atoms with van der Waals surface area (Å²) in [5, 5.41) is 20.0. The molecule has 110 valence electrons. The number of ether oxygens (including phenoxy) is 1. The normalized spacial score (nSPS) is 17.5. The first-order valence-corrected chi connectivity index (χ1v) is 5.59. The molecule has 0 aromatic heterocycles. The van der Waals surface area contributed by atoms with Crippen molar-refractivity contribution in [1.82, 2.24) is 15.7 Å². The molecule has 1 heterocycles. The summed E-state index contributed by atoms with van der Waals surface area (Å²) in [4.78, 5) is 26.4. The molecule has 1 rings (SSSR count). The molecular formula is C9H17N3O7. The van der Waals surface area contributed by atoms with E-state index in [0.29, 0.717) is 5.23 Å². The number of carbonyl (C=O) groups excluding carboxylic acids is 1. The third-order valence-corrected chi connectivity index (χ3v) is 1.81. The number of aliphatic hydroxyl groups is 2. The molecule has 0 atom stereocenters. The lowest BCUT2D eigenvalue weighted by molar-refractivity contribution is -0.700. The van der Waals surface area contributed by atoms with Gasteiger partial charge in [0.2, 0.25) is 0 Å². The van der Waals surface area contributed by atoms with Gasteiger partial charge in [-0.15, -0.1) is 9.88 Å². The molecule has 1 saturated heterocycles. The summed E-state index contributed by atoms with van der Waals surface area (Å²) in [6, 6.07) is 0. The summed E-state index contributed by atoms with van der Waals surface area (Å²) in [6.07, 6.45) is 0. The first-order valence-electron chi connectivity index (χ1n) is 5.59. The molecule has 0 bridgehead atoms. The van der Waals surface area contributed by atoms with Crippen molar-refractivity contribution < 1.29 is 34.6 Å². The molecule has 10 heteroatoms. The molecule has 10 nitrogen and oxygen atoms in total. The number of hydrogen-bond acceptors (Lipinski definition) is 10. The quantitative estimate of drug-likeness (QED) is 0.423. The molecule has 0 radical (unpaired) electrons. The van der Waals surface area contributed by atoms with Crippen LogP contribution in [0.3, 0.4) is 0 Å². The maximum atomic E-state index is 11.5. The van der Waals surface area contributed by atoms with E-state index >= 15 is 0 Å². The third kappa shape index (κ3) is 4.72. The molecule has 0 unspecified atom stereocenters. The summed E-state index contributed by atoms with van der Waals surface area (Å²) < 4.78 is 4.73. The van der Waals surface area contributed by atoms with Crippen LogP contribution in [-0.2, 0) is 24.3 Å². The topological polar surface area (TPSA) is 104 Å². The minimum atomic E-state index is -0.739. The molecule has 0 aliphatic carbocycles. The average molecular weight is 279 g/mol. The van der Waals surface area contributed by atoms with Gasteiger partial charge in [-0.1, -0.05) is 11.8 Å². The highest BCUT2D eigenvalue weighted by Gasteiger charge is 2.31. The maximum absolute atomic E-state index is 11.5. The smallest absolute Gasteiger partial charge is 0.359 e. The molecule has 2 N–H and O–H groups in total. The van der Waals surface area contributed by atoms with Crippen LogP contribution in [0, 0.1) is 0 Å². The first kappa shape index (κ1) is 15.8. The minimum absolute atomic E-state index is 0.0160.